The van der Waals surface area contributed by atoms with Crippen molar-refractivity contribution < 1.29 is 19.5 Å². The summed E-state index contributed by atoms with van der Waals surface area (Å²) in [6, 6.07) is 2.97. The number of nitrogens with one attached hydrogen (secondary N) is 2. The number of hydrogen-bond acceptors (Lipinski definition) is 4. The van der Waals surface area contributed by atoms with Gasteiger partial charge in [0.2, 0.25) is 0 Å². The molecule has 114 valence electrons. The van der Waals surface area contributed by atoms with Crippen molar-refractivity contribution in [2.75, 3.05) is 0 Å². The molecule has 1 unspecified atom stereocenters. The van der Waals surface area contributed by atoms with Crippen LogP contribution in [0.5, 0.6) is 0 Å². The van der Waals surface area contributed by atoms with Crippen molar-refractivity contribution in [2.45, 2.75) is 33.7 Å². The molecule has 6 nitrogen and oxygen atoms in total. The predicted molar refractivity (Wildman–Crippen MR) is 80.2 cm³/mol. The maximum absolute atomic E-state index is 11.7. The Hall–Kier alpha value is -2.15. The van der Waals surface area contributed by atoms with Gasteiger partial charge in [0.25, 0.3) is 5.91 Å². The highest BCUT2D eigenvalue weighted by Crippen LogP contribution is 2.22. The van der Waals surface area contributed by atoms with Gasteiger partial charge in [-0.25, -0.2) is 9.59 Å². The molecule has 1 heterocycles. The second kappa shape index (κ2) is 7.03. The minimum Gasteiger partial charge on any atom is -0.478 e. The molecule has 0 aliphatic carbocycles. The van der Waals surface area contributed by atoms with Gasteiger partial charge in [-0.05, 0) is 39.8 Å². The lowest BCUT2D eigenvalue weighted by Crippen LogP contribution is -2.41. The van der Waals surface area contributed by atoms with Crippen molar-refractivity contribution in [3.05, 3.63) is 33.0 Å². The zero-order chi connectivity index (χ0) is 16.2. The van der Waals surface area contributed by atoms with E-state index in [1.54, 1.807) is 18.3 Å². The van der Waals surface area contributed by atoms with Gasteiger partial charge in [0, 0.05) is 20.9 Å². The molecule has 0 fully saturated rings. The Kier molecular flexibility index (Phi) is 5.66. The van der Waals surface area contributed by atoms with E-state index in [-0.39, 0.29) is 17.2 Å². The Morgan fingerprint density at radius 2 is 1.81 bits per heavy atom. The van der Waals surface area contributed by atoms with Gasteiger partial charge in [0.1, 0.15) is 0 Å². The first-order chi connectivity index (χ1) is 9.72. The van der Waals surface area contributed by atoms with E-state index in [2.05, 4.69) is 10.6 Å². The quantitative estimate of drug-likeness (QED) is 0.744. The van der Waals surface area contributed by atoms with Crippen molar-refractivity contribution in [1.82, 2.24) is 10.6 Å². The smallest absolute Gasteiger partial charge is 0.331 e. The molecule has 7 heteroatoms. The lowest BCUT2D eigenvalue weighted by Gasteiger charge is -2.13. The predicted octanol–water partition coefficient (Wildman–Crippen LogP) is 2.36. The monoisotopic (exact) mass is 310 g/mol. The Morgan fingerprint density at radius 1 is 1.19 bits per heavy atom. The zero-order valence-electron chi connectivity index (χ0n) is 12.3. The Bertz CT molecular complexity index is 604. The van der Waals surface area contributed by atoms with Gasteiger partial charge in [0.05, 0.1) is 6.04 Å². The number of thiophene rings is 1. The number of carbonyl (C=O) groups excluding carboxylic acids is 2. The zero-order valence-corrected chi connectivity index (χ0v) is 13.1. The fourth-order valence-electron chi connectivity index (χ4n) is 1.52. The van der Waals surface area contributed by atoms with Gasteiger partial charge < -0.3 is 10.4 Å². The SMILES string of the molecule is CC(C(=O)O)=C(C)C(=O)NC(=O)NC(C)c1ccc(C)s1. The largest absolute Gasteiger partial charge is 0.478 e. The van der Waals surface area contributed by atoms with Crippen LogP contribution in [0.2, 0.25) is 0 Å². The molecule has 3 N–H and O–H groups in total. The van der Waals surface area contributed by atoms with Crippen LogP contribution in [0.15, 0.2) is 23.3 Å². The third kappa shape index (κ3) is 4.71. The molecule has 0 aliphatic heterocycles. The van der Waals surface area contributed by atoms with Gasteiger partial charge in [-0.2, -0.15) is 0 Å². The summed E-state index contributed by atoms with van der Waals surface area (Å²) in [4.78, 5) is 36.3. The van der Waals surface area contributed by atoms with Crippen molar-refractivity contribution in [1.29, 1.82) is 0 Å². The molecular formula is C14H18N2O4S. The molecule has 0 radical (unpaired) electrons. The summed E-state index contributed by atoms with van der Waals surface area (Å²) < 4.78 is 0. The van der Waals surface area contributed by atoms with E-state index < -0.39 is 17.9 Å². The maximum Gasteiger partial charge on any atom is 0.331 e. The summed E-state index contributed by atoms with van der Waals surface area (Å²) in [5.41, 5.74) is -0.0977. The third-order valence-electron chi connectivity index (χ3n) is 2.99. The Labute approximate surface area is 126 Å². The molecular weight excluding hydrogens is 292 g/mol. The summed E-state index contributed by atoms with van der Waals surface area (Å²) in [7, 11) is 0. The van der Waals surface area contributed by atoms with Crippen LogP contribution in [0.4, 0.5) is 4.79 Å². The first-order valence-electron chi connectivity index (χ1n) is 6.31. The van der Waals surface area contributed by atoms with Crippen molar-refractivity contribution in [3.63, 3.8) is 0 Å². The molecule has 0 aliphatic rings. The van der Waals surface area contributed by atoms with Gasteiger partial charge in [0.15, 0.2) is 0 Å². The summed E-state index contributed by atoms with van der Waals surface area (Å²) in [6.07, 6.45) is 0. The van der Waals surface area contributed by atoms with Crippen LogP contribution in [0.25, 0.3) is 0 Å². The average molecular weight is 310 g/mol. The Morgan fingerprint density at radius 3 is 2.29 bits per heavy atom. The molecule has 1 atom stereocenters. The molecule has 1 rings (SSSR count). The Balaban J connectivity index is 2.64. The molecule has 0 aromatic carbocycles. The number of aryl methyl sites for hydroxylation is 1. The summed E-state index contributed by atoms with van der Waals surface area (Å²) >= 11 is 1.56. The first-order valence-corrected chi connectivity index (χ1v) is 7.13. The highest BCUT2D eigenvalue weighted by atomic mass is 32.1. The molecule has 1 aromatic heterocycles. The number of carbonyl (C=O) groups is 3. The number of urea groups is 1. The van der Waals surface area contributed by atoms with Crippen molar-refractivity contribution >= 4 is 29.2 Å². The topological polar surface area (TPSA) is 95.5 Å². The van der Waals surface area contributed by atoms with Crippen LogP contribution >= 0.6 is 11.3 Å². The lowest BCUT2D eigenvalue weighted by atomic mass is 10.1. The molecule has 0 spiro atoms. The molecule has 3 amide bonds. The lowest BCUT2D eigenvalue weighted by molar-refractivity contribution is -0.133. The minimum atomic E-state index is -1.19. The number of carboxylic acids is 1. The average Bonchev–Trinajstić information content (AvgIpc) is 2.83. The van der Waals surface area contributed by atoms with E-state index in [0.717, 1.165) is 9.75 Å². The second-order valence-corrected chi connectivity index (χ2v) is 5.97. The summed E-state index contributed by atoms with van der Waals surface area (Å²) in [5, 5.41) is 13.5. The standard InChI is InChI=1S/C14H18N2O4S/c1-7-5-6-11(21-7)10(4)15-14(20)16-12(17)8(2)9(3)13(18)19/h5-6,10H,1-4H3,(H,18,19)(H2,15,16,17,20). The van der Waals surface area contributed by atoms with Gasteiger partial charge in [-0.1, -0.05) is 0 Å². The second-order valence-electron chi connectivity index (χ2n) is 4.65. The fourth-order valence-corrected chi connectivity index (χ4v) is 2.40. The minimum absolute atomic E-state index is 0.00253. The summed E-state index contributed by atoms with van der Waals surface area (Å²) in [6.45, 7) is 6.44. The van der Waals surface area contributed by atoms with Crippen LogP contribution in [0, 0.1) is 6.92 Å². The van der Waals surface area contributed by atoms with Crippen LogP contribution in [0.3, 0.4) is 0 Å². The highest BCUT2D eigenvalue weighted by Gasteiger charge is 2.17. The molecule has 0 bridgehead atoms. The number of hydrogen-bond donors (Lipinski definition) is 3. The van der Waals surface area contributed by atoms with Gasteiger partial charge >= 0.3 is 12.0 Å². The van der Waals surface area contributed by atoms with Gasteiger partial charge in [-0.3, -0.25) is 10.1 Å². The van der Waals surface area contributed by atoms with E-state index in [1.165, 1.54) is 13.8 Å². The highest BCUT2D eigenvalue weighted by molar-refractivity contribution is 7.12. The fraction of sp³-hybridized carbons (Fsp3) is 0.357. The van der Waals surface area contributed by atoms with E-state index >= 15 is 0 Å². The number of imide groups is 1. The normalized spacial score (nSPS) is 13.1. The molecule has 0 saturated heterocycles. The van der Waals surface area contributed by atoms with Crippen molar-refractivity contribution in [3.8, 4) is 0 Å². The number of amides is 3. The van der Waals surface area contributed by atoms with Crippen LogP contribution in [0.1, 0.15) is 36.6 Å². The molecule has 21 heavy (non-hydrogen) atoms. The summed E-state index contributed by atoms with van der Waals surface area (Å²) in [5.74, 6) is -1.91. The van der Waals surface area contributed by atoms with E-state index in [9.17, 15) is 14.4 Å². The molecule has 1 aromatic rings. The number of carboxylic acid groups (broad SMARTS) is 1. The van der Waals surface area contributed by atoms with Crippen molar-refractivity contribution in [2.24, 2.45) is 0 Å². The third-order valence-corrected chi connectivity index (χ3v) is 4.17. The van der Waals surface area contributed by atoms with Gasteiger partial charge in [-0.15, -0.1) is 11.3 Å². The first kappa shape index (κ1) is 16.9. The number of aliphatic carboxylic acids is 1. The van der Waals surface area contributed by atoms with Crippen LogP contribution < -0.4 is 10.6 Å². The number of rotatable bonds is 4. The van der Waals surface area contributed by atoms with Crippen LogP contribution in [-0.4, -0.2) is 23.0 Å². The maximum atomic E-state index is 11.7. The van der Waals surface area contributed by atoms with E-state index in [0.29, 0.717) is 0 Å². The van der Waals surface area contributed by atoms with Crippen LogP contribution in [-0.2, 0) is 9.59 Å². The molecule has 0 saturated carbocycles. The van der Waals surface area contributed by atoms with E-state index in [1.807, 2.05) is 19.1 Å². The van der Waals surface area contributed by atoms with E-state index in [4.69, 9.17) is 5.11 Å².